The minimum atomic E-state index is 0.349. The minimum absolute atomic E-state index is 0.349. The molecule has 0 radical (unpaired) electrons. The lowest BCUT2D eigenvalue weighted by molar-refractivity contribution is 0.443. The highest BCUT2D eigenvalue weighted by Crippen LogP contribution is 2.46. The topological polar surface area (TPSA) is 39.9 Å². The number of aromatic nitrogens is 3. The molecule has 1 aliphatic carbocycles. The van der Waals surface area contributed by atoms with Gasteiger partial charge >= 0.3 is 0 Å². The van der Waals surface area contributed by atoms with Crippen molar-refractivity contribution >= 4 is 11.6 Å². The van der Waals surface area contributed by atoms with E-state index in [-0.39, 0.29) is 0 Å². The van der Waals surface area contributed by atoms with Gasteiger partial charge in [-0.1, -0.05) is 29.8 Å². The number of aryl methyl sites for hydroxylation is 3. The molecule has 1 aliphatic rings. The van der Waals surface area contributed by atoms with Crippen molar-refractivity contribution in [3.05, 3.63) is 64.1 Å². The monoisotopic (exact) mass is 353 g/mol. The SMILES string of the molecule is Cc1cccc(C2CC2)c1Oc1nnc(Cl)cc1-n1c(C)ccc1C. The van der Waals surface area contributed by atoms with E-state index in [4.69, 9.17) is 16.3 Å². The number of ether oxygens (including phenoxy) is 1. The number of hydrogen-bond acceptors (Lipinski definition) is 3. The van der Waals surface area contributed by atoms with E-state index in [1.165, 1.54) is 18.4 Å². The maximum atomic E-state index is 6.31. The molecule has 0 bridgehead atoms. The fourth-order valence-electron chi connectivity index (χ4n) is 3.26. The molecule has 2 aromatic heterocycles. The second kappa shape index (κ2) is 6.19. The molecule has 5 heteroatoms. The van der Waals surface area contributed by atoms with Crippen LogP contribution >= 0.6 is 11.6 Å². The van der Waals surface area contributed by atoms with Gasteiger partial charge in [0.05, 0.1) is 0 Å². The van der Waals surface area contributed by atoms with Crippen LogP contribution in [0.5, 0.6) is 11.6 Å². The molecule has 0 spiro atoms. The Bertz CT molecular complexity index is 925. The molecule has 0 atom stereocenters. The van der Waals surface area contributed by atoms with Crippen molar-refractivity contribution in [1.29, 1.82) is 0 Å². The van der Waals surface area contributed by atoms with Crippen LogP contribution in [0.1, 0.15) is 41.3 Å². The number of nitrogens with zero attached hydrogens (tertiary/aromatic N) is 3. The molecule has 25 heavy (non-hydrogen) atoms. The average molecular weight is 354 g/mol. The summed E-state index contributed by atoms with van der Waals surface area (Å²) in [6.45, 7) is 6.17. The fraction of sp³-hybridized carbons (Fsp3) is 0.300. The van der Waals surface area contributed by atoms with Crippen LogP contribution in [0, 0.1) is 20.8 Å². The molecule has 0 N–H and O–H groups in total. The summed E-state index contributed by atoms with van der Waals surface area (Å²) in [5, 5.41) is 8.60. The Balaban J connectivity index is 1.83. The smallest absolute Gasteiger partial charge is 0.263 e. The van der Waals surface area contributed by atoms with Gasteiger partial charge in [0.1, 0.15) is 11.4 Å². The van der Waals surface area contributed by atoms with Gasteiger partial charge in [-0.3, -0.25) is 0 Å². The normalized spacial score (nSPS) is 13.9. The van der Waals surface area contributed by atoms with Gasteiger partial charge in [-0.05, 0) is 62.8 Å². The summed E-state index contributed by atoms with van der Waals surface area (Å²) in [5.74, 6) is 1.96. The zero-order valence-corrected chi connectivity index (χ0v) is 15.3. The first-order chi connectivity index (χ1) is 12.0. The first-order valence-corrected chi connectivity index (χ1v) is 8.88. The van der Waals surface area contributed by atoms with Gasteiger partial charge < -0.3 is 9.30 Å². The van der Waals surface area contributed by atoms with Crippen molar-refractivity contribution in [3.63, 3.8) is 0 Å². The van der Waals surface area contributed by atoms with Crippen LogP contribution in [0.25, 0.3) is 5.69 Å². The summed E-state index contributed by atoms with van der Waals surface area (Å²) < 4.78 is 8.40. The van der Waals surface area contributed by atoms with E-state index >= 15 is 0 Å². The zero-order valence-electron chi connectivity index (χ0n) is 14.6. The van der Waals surface area contributed by atoms with Crippen molar-refractivity contribution in [2.45, 2.75) is 39.5 Å². The average Bonchev–Trinajstić information content (AvgIpc) is 3.37. The standard InChI is InChI=1S/C20H20ClN3O/c1-12-5-4-6-16(15-9-10-15)19(12)25-20-17(11-18(21)22-23-20)24-13(2)7-8-14(24)3/h4-8,11,15H,9-10H2,1-3H3. The molecule has 0 aliphatic heterocycles. The maximum absolute atomic E-state index is 6.31. The molecule has 2 heterocycles. The van der Waals surface area contributed by atoms with E-state index in [9.17, 15) is 0 Å². The highest BCUT2D eigenvalue weighted by molar-refractivity contribution is 6.29. The van der Waals surface area contributed by atoms with E-state index in [2.05, 4.69) is 65.9 Å². The molecule has 4 rings (SSSR count). The zero-order chi connectivity index (χ0) is 17.6. The molecule has 3 aromatic rings. The first-order valence-electron chi connectivity index (χ1n) is 8.50. The van der Waals surface area contributed by atoms with Crippen LogP contribution in [0.3, 0.4) is 0 Å². The summed E-state index contributed by atoms with van der Waals surface area (Å²) in [6.07, 6.45) is 2.43. The Morgan fingerprint density at radius 2 is 1.76 bits per heavy atom. The minimum Gasteiger partial charge on any atom is -0.435 e. The largest absolute Gasteiger partial charge is 0.435 e. The molecule has 0 unspecified atom stereocenters. The Morgan fingerprint density at radius 1 is 1.04 bits per heavy atom. The van der Waals surface area contributed by atoms with E-state index in [0.29, 0.717) is 17.0 Å². The van der Waals surface area contributed by atoms with Crippen LogP contribution in [0.4, 0.5) is 0 Å². The van der Waals surface area contributed by atoms with Crippen molar-refractivity contribution in [2.75, 3.05) is 0 Å². The van der Waals surface area contributed by atoms with Gasteiger partial charge in [0, 0.05) is 17.5 Å². The Hall–Kier alpha value is -2.33. The summed E-state index contributed by atoms with van der Waals surface area (Å²) >= 11 is 6.12. The molecule has 0 saturated heterocycles. The highest BCUT2D eigenvalue weighted by Gasteiger charge is 2.28. The van der Waals surface area contributed by atoms with Crippen LogP contribution in [0.15, 0.2) is 36.4 Å². The maximum Gasteiger partial charge on any atom is 0.263 e. The predicted octanol–water partition coefficient (Wildman–Crippen LogP) is 5.52. The summed E-state index contributed by atoms with van der Waals surface area (Å²) in [7, 11) is 0. The molecular formula is C20H20ClN3O. The lowest BCUT2D eigenvalue weighted by Gasteiger charge is -2.17. The lowest BCUT2D eigenvalue weighted by atomic mass is 10.1. The third kappa shape index (κ3) is 3.02. The molecule has 128 valence electrons. The number of benzene rings is 1. The molecule has 1 saturated carbocycles. The number of rotatable bonds is 4. The second-order valence-electron chi connectivity index (χ2n) is 6.68. The van der Waals surface area contributed by atoms with Gasteiger partial charge in [0.15, 0.2) is 5.15 Å². The van der Waals surface area contributed by atoms with Gasteiger partial charge in [0.2, 0.25) is 0 Å². The van der Waals surface area contributed by atoms with Gasteiger partial charge in [-0.2, -0.15) is 0 Å². The van der Waals surface area contributed by atoms with Crippen LogP contribution in [0.2, 0.25) is 5.15 Å². The summed E-state index contributed by atoms with van der Waals surface area (Å²) in [5.41, 5.74) is 5.36. The van der Waals surface area contributed by atoms with E-state index < -0.39 is 0 Å². The van der Waals surface area contributed by atoms with E-state index in [0.717, 1.165) is 28.4 Å². The first kappa shape index (κ1) is 16.2. The summed E-state index contributed by atoms with van der Waals surface area (Å²) in [4.78, 5) is 0. The van der Waals surface area contributed by atoms with E-state index in [1.807, 2.05) is 0 Å². The molecule has 1 fully saturated rings. The Morgan fingerprint density at radius 3 is 2.44 bits per heavy atom. The number of hydrogen-bond donors (Lipinski definition) is 0. The number of para-hydroxylation sites is 1. The molecular weight excluding hydrogens is 334 g/mol. The third-order valence-corrected chi connectivity index (χ3v) is 4.87. The number of halogens is 1. The van der Waals surface area contributed by atoms with Crippen LogP contribution in [-0.4, -0.2) is 14.8 Å². The van der Waals surface area contributed by atoms with Gasteiger partial charge in [-0.15, -0.1) is 10.2 Å². The van der Waals surface area contributed by atoms with Gasteiger partial charge in [-0.25, -0.2) is 0 Å². The molecule has 4 nitrogen and oxygen atoms in total. The molecule has 0 amide bonds. The predicted molar refractivity (Wildman–Crippen MR) is 99.1 cm³/mol. The Labute approximate surface area is 152 Å². The van der Waals surface area contributed by atoms with Gasteiger partial charge in [0.25, 0.3) is 5.88 Å². The third-order valence-electron chi connectivity index (χ3n) is 4.68. The Kier molecular flexibility index (Phi) is 4.00. The fourth-order valence-corrected chi connectivity index (χ4v) is 3.40. The van der Waals surface area contributed by atoms with Crippen LogP contribution < -0.4 is 4.74 Å². The van der Waals surface area contributed by atoms with Crippen LogP contribution in [-0.2, 0) is 0 Å². The second-order valence-corrected chi connectivity index (χ2v) is 7.07. The summed E-state index contributed by atoms with van der Waals surface area (Å²) in [6, 6.07) is 12.2. The van der Waals surface area contributed by atoms with Crippen molar-refractivity contribution in [2.24, 2.45) is 0 Å². The van der Waals surface area contributed by atoms with E-state index in [1.54, 1.807) is 6.07 Å². The lowest BCUT2D eigenvalue weighted by Crippen LogP contribution is -2.05. The highest BCUT2D eigenvalue weighted by atomic mass is 35.5. The van der Waals surface area contributed by atoms with Crippen molar-refractivity contribution in [3.8, 4) is 17.3 Å². The quantitative estimate of drug-likeness (QED) is 0.620. The van der Waals surface area contributed by atoms with Crippen molar-refractivity contribution < 1.29 is 4.74 Å². The molecule has 1 aromatic carbocycles. The van der Waals surface area contributed by atoms with Crippen molar-refractivity contribution in [1.82, 2.24) is 14.8 Å².